The highest BCUT2D eigenvalue weighted by molar-refractivity contribution is 7.60. The maximum Gasteiger partial charge on any atom is 0.356 e. The summed E-state index contributed by atoms with van der Waals surface area (Å²) in [6, 6.07) is 8.46. The van der Waals surface area contributed by atoms with Crippen LogP contribution in [0.5, 0.6) is 0 Å². The third kappa shape index (κ3) is 3.61. The van der Waals surface area contributed by atoms with Crippen molar-refractivity contribution >= 4 is 29.8 Å². The van der Waals surface area contributed by atoms with Gasteiger partial charge in [-0.05, 0) is 60.7 Å². The highest BCUT2D eigenvalue weighted by atomic mass is 31.2. The molecule has 0 saturated carbocycles. The number of aryl methyl sites for hydroxylation is 1. The number of rotatable bonds is 6. The van der Waals surface area contributed by atoms with Gasteiger partial charge in [0, 0.05) is 12.1 Å². The molecule has 0 unspecified atom stereocenters. The van der Waals surface area contributed by atoms with Crippen molar-refractivity contribution in [2.24, 2.45) is 5.73 Å². The Kier molecular flexibility index (Phi) is 5.44. The third-order valence-electron chi connectivity index (χ3n) is 5.08. The van der Waals surface area contributed by atoms with E-state index in [1.54, 1.807) is 24.3 Å². The van der Waals surface area contributed by atoms with Gasteiger partial charge in [0.1, 0.15) is 5.82 Å². The molecular weight excluding hydrogens is 377 g/mol. The topological polar surface area (TPSA) is 118 Å². The summed E-state index contributed by atoms with van der Waals surface area (Å²) in [5.41, 5.74) is 10.0. The fourth-order valence-electron chi connectivity index (χ4n) is 3.75. The monoisotopic (exact) mass is 401 g/mol. The van der Waals surface area contributed by atoms with Crippen molar-refractivity contribution in [1.82, 2.24) is 9.55 Å². The van der Waals surface area contributed by atoms with Crippen LogP contribution in [0.15, 0.2) is 30.3 Å². The second-order valence-corrected chi connectivity index (χ2v) is 8.33. The maximum absolute atomic E-state index is 11.9. The van der Waals surface area contributed by atoms with Gasteiger partial charge in [0.15, 0.2) is 0 Å². The first-order chi connectivity index (χ1) is 13.2. The molecule has 0 aliphatic heterocycles. The summed E-state index contributed by atoms with van der Waals surface area (Å²) >= 11 is 0. The molecule has 0 radical (unpaired) electrons. The molecule has 3 rings (SSSR count). The zero-order valence-electron chi connectivity index (χ0n) is 16.1. The third-order valence-corrected chi connectivity index (χ3v) is 6.12. The molecule has 4 N–H and O–H groups in total. The van der Waals surface area contributed by atoms with Gasteiger partial charge in [0.05, 0.1) is 16.3 Å². The largest absolute Gasteiger partial charge is 0.366 e. The molecule has 0 saturated heterocycles. The number of imidazole rings is 1. The Balaban J connectivity index is 2.16. The minimum atomic E-state index is -4.34. The van der Waals surface area contributed by atoms with Crippen LogP contribution < -0.4 is 11.0 Å². The predicted molar refractivity (Wildman–Crippen MR) is 109 cm³/mol. The molecule has 0 atom stereocenters. The predicted octanol–water partition coefficient (Wildman–Crippen LogP) is 2.42. The summed E-state index contributed by atoms with van der Waals surface area (Å²) in [6.45, 7) is 6.25. The van der Waals surface area contributed by atoms with Crippen LogP contribution in [-0.2, 0) is 24.0 Å². The Morgan fingerprint density at radius 3 is 2.39 bits per heavy atom. The number of hydrogen-bond donors (Lipinski definition) is 3. The lowest BCUT2D eigenvalue weighted by molar-refractivity contribution is 0.100. The summed E-state index contributed by atoms with van der Waals surface area (Å²) in [4.78, 5) is 35.5. The molecule has 28 heavy (non-hydrogen) atoms. The van der Waals surface area contributed by atoms with E-state index in [1.165, 1.54) is 6.07 Å². The van der Waals surface area contributed by atoms with Crippen molar-refractivity contribution in [2.75, 3.05) is 0 Å². The van der Waals surface area contributed by atoms with E-state index >= 15 is 0 Å². The normalized spacial score (nSPS) is 11.9. The first-order valence-corrected chi connectivity index (χ1v) is 10.7. The number of hydrogen-bond acceptors (Lipinski definition) is 3. The minimum Gasteiger partial charge on any atom is -0.366 e. The lowest BCUT2D eigenvalue weighted by Gasteiger charge is -2.19. The summed E-state index contributed by atoms with van der Waals surface area (Å²) in [5.74, 6) is 0.289. The first-order valence-electron chi connectivity index (χ1n) is 9.13. The van der Waals surface area contributed by atoms with Crippen molar-refractivity contribution in [3.05, 3.63) is 58.4 Å². The van der Waals surface area contributed by atoms with E-state index in [9.17, 15) is 19.1 Å². The highest BCUT2D eigenvalue weighted by Gasteiger charge is 2.24. The standard InChI is InChI=1S/C20H24N3O4P/c1-4-15-14(7-9-19(16(15)5-2)28(25,26)27)11-23-12(3)22-17-8-6-13(20(21)24)10-18(17)23/h6-10H,4-5,11H2,1-3H3,(H2,21,24)(H2,25,26,27). The van der Waals surface area contributed by atoms with Gasteiger partial charge < -0.3 is 20.1 Å². The Labute approximate surface area is 163 Å². The van der Waals surface area contributed by atoms with Crippen LogP contribution in [0.1, 0.15) is 46.7 Å². The quantitative estimate of drug-likeness (QED) is 0.548. The van der Waals surface area contributed by atoms with Crippen molar-refractivity contribution in [2.45, 2.75) is 40.2 Å². The van der Waals surface area contributed by atoms with Crippen LogP contribution in [0.4, 0.5) is 0 Å². The fourth-order valence-corrected chi connectivity index (χ4v) is 4.66. The maximum atomic E-state index is 11.9. The molecule has 0 bridgehead atoms. The van der Waals surface area contributed by atoms with Crippen LogP contribution in [0.25, 0.3) is 11.0 Å². The van der Waals surface area contributed by atoms with Gasteiger partial charge in [0.25, 0.3) is 0 Å². The Morgan fingerprint density at radius 1 is 1.14 bits per heavy atom. The average molecular weight is 401 g/mol. The molecule has 7 nitrogen and oxygen atoms in total. The number of primary amides is 1. The number of amides is 1. The second-order valence-electron chi connectivity index (χ2n) is 6.76. The smallest absolute Gasteiger partial charge is 0.356 e. The number of carbonyl (C=O) groups excluding carboxylic acids is 1. The van der Waals surface area contributed by atoms with Gasteiger partial charge in [-0.15, -0.1) is 0 Å². The summed E-state index contributed by atoms with van der Waals surface area (Å²) in [5, 5.41) is 0.0961. The molecule has 1 heterocycles. The molecule has 0 fully saturated rings. The molecule has 3 aromatic rings. The Morgan fingerprint density at radius 2 is 1.82 bits per heavy atom. The van der Waals surface area contributed by atoms with Crippen LogP contribution in [0, 0.1) is 6.92 Å². The number of carbonyl (C=O) groups is 1. The van der Waals surface area contributed by atoms with Crippen LogP contribution in [0.3, 0.4) is 0 Å². The molecule has 0 spiro atoms. The minimum absolute atomic E-state index is 0.0961. The van der Waals surface area contributed by atoms with E-state index in [1.807, 2.05) is 25.3 Å². The molecule has 8 heteroatoms. The average Bonchev–Trinajstić information content (AvgIpc) is 2.94. The molecule has 148 valence electrons. The van der Waals surface area contributed by atoms with E-state index in [4.69, 9.17) is 5.73 Å². The summed E-state index contributed by atoms with van der Waals surface area (Å²) in [7, 11) is -4.34. The number of benzene rings is 2. The zero-order chi connectivity index (χ0) is 20.6. The fraction of sp³-hybridized carbons (Fsp3) is 0.300. The number of nitrogens with zero attached hydrogens (tertiary/aromatic N) is 2. The van der Waals surface area contributed by atoms with E-state index in [2.05, 4.69) is 4.98 Å². The lowest BCUT2D eigenvalue weighted by Crippen LogP contribution is -2.17. The van der Waals surface area contributed by atoms with Gasteiger partial charge >= 0.3 is 7.60 Å². The van der Waals surface area contributed by atoms with Gasteiger partial charge in [-0.1, -0.05) is 19.9 Å². The van der Waals surface area contributed by atoms with Gasteiger partial charge in [0.2, 0.25) is 5.91 Å². The SMILES string of the molecule is CCc1c(Cn2c(C)nc3ccc(C(N)=O)cc32)ccc(P(=O)(O)O)c1CC. The van der Waals surface area contributed by atoms with E-state index in [0.29, 0.717) is 30.5 Å². The molecule has 2 aromatic carbocycles. The van der Waals surface area contributed by atoms with Crippen LogP contribution in [0.2, 0.25) is 0 Å². The Hall–Kier alpha value is -2.47. The number of nitrogens with two attached hydrogens (primary N) is 1. The van der Waals surface area contributed by atoms with E-state index in [0.717, 1.165) is 28.0 Å². The molecule has 0 aliphatic rings. The van der Waals surface area contributed by atoms with Crippen LogP contribution >= 0.6 is 7.60 Å². The number of aromatic nitrogens is 2. The summed E-state index contributed by atoms with van der Waals surface area (Å²) in [6.07, 6.45) is 1.19. The van der Waals surface area contributed by atoms with Crippen LogP contribution in [-0.4, -0.2) is 25.2 Å². The molecular formula is C20H24N3O4P. The van der Waals surface area contributed by atoms with Gasteiger partial charge in [-0.3, -0.25) is 9.36 Å². The van der Waals surface area contributed by atoms with Gasteiger partial charge in [-0.2, -0.15) is 0 Å². The molecule has 0 aliphatic carbocycles. The van der Waals surface area contributed by atoms with Crippen molar-refractivity contribution in [3.8, 4) is 0 Å². The highest BCUT2D eigenvalue weighted by Crippen LogP contribution is 2.36. The lowest BCUT2D eigenvalue weighted by atomic mass is 9.96. The summed E-state index contributed by atoms with van der Waals surface area (Å²) < 4.78 is 13.9. The van der Waals surface area contributed by atoms with Crippen molar-refractivity contribution in [1.29, 1.82) is 0 Å². The molecule has 1 aromatic heterocycles. The first kappa shape index (κ1) is 20.3. The van der Waals surface area contributed by atoms with Gasteiger partial charge in [-0.25, -0.2) is 4.98 Å². The Bertz CT molecular complexity index is 1110. The number of fused-ring (bicyclic) bond motifs is 1. The van der Waals surface area contributed by atoms with Crippen molar-refractivity contribution in [3.63, 3.8) is 0 Å². The zero-order valence-corrected chi connectivity index (χ0v) is 17.0. The van der Waals surface area contributed by atoms with Crippen molar-refractivity contribution < 1.29 is 19.1 Å². The second kappa shape index (κ2) is 7.51. The van der Waals surface area contributed by atoms with E-state index < -0.39 is 13.5 Å². The molecule has 1 amide bonds. The van der Waals surface area contributed by atoms with E-state index in [-0.39, 0.29) is 5.30 Å².